The first kappa shape index (κ1) is 14.3. The zero-order chi connectivity index (χ0) is 12.9. The molecule has 0 heteroatoms. The van der Waals surface area contributed by atoms with Crippen molar-refractivity contribution in [2.24, 2.45) is 11.3 Å². The Morgan fingerprint density at radius 3 is 2.76 bits per heavy atom. The van der Waals surface area contributed by atoms with Crippen LogP contribution in [-0.2, 0) is 0 Å². The summed E-state index contributed by atoms with van der Waals surface area (Å²) in [6, 6.07) is 0. The molecule has 0 saturated heterocycles. The van der Waals surface area contributed by atoms with Crippen LogP contribution in [-0.4, -0.2) is 0 Å². The summed E-state index contributed by atoms with van der Waals surface area (Å²) in [7, 11) is 0. The minimum absolute atomic E-state index is 0.409. The van der Waals surface area contributed by atoms with Gasteiger partial charge >= 0.3 is 0 Å². The van der Waals surface area contributed by atoms with E-state index < -0.39 is 0 Å². The van der Waals surface area contributed by atoms with Gasteiger partial charge in [0.05, 0.1) is 0 Å². The maximum absolute atomic E-state index is 3.81. The molecule has 0 N–H and O–H groups in total. The molecule has 2 atom stereocenters. The first-order valence-corrected chi connectivity index (χ1v) is 7.03. The van der Waals surface area contributed by atoms with Gasteiger partial charge in [-0.1, -0.05) is 44.6 Å². The third-order valence-corrected chi connectivity index (χ3v) is 4.30. The van der Waals surface area contributed by atoms with Crippen molar-refractivity contribution in [3.05, 3.63) is 36.0 Å². The van der Waals surface area contributed by atoms with Crippen LogP contribution >= 0.6 is 0 Å². The molecule has 1 aliphatic carbocycles. The van der Waals surface area contributed by atoms with Crippen LogP contribution in [0.15, 0.2) is 36.0 Å². The Balaban J connectivity index is 2.87. The fraction of sp³-hybridized carbons (Fsp3) is 0.647. The van der Waals surface area contributed by atoms with E-state index in [-0.39, 0.29) is 0 Å². The van der Waals surface area contributed by atoms with E-state index >= 15 is 0 Å². The van der Waals surface area contributed by atoms with Crippen molar-refractivity contribution in [1.29, 1.82) is 0 Å². The van der Waals surface area contributed by atoms with Gasteiger partial charge in [-0.05, 0) is 55.9 Å². The van der Waals surface area contributed by atoms with E-state index in [9.17, 15) is 0 Å². The topological polar surface area (TPSA) is 0 Å². The Labute approximate surface area is 108 Å². The maximum Gasteiger partial charge on any atom is -0.00784 e. The van der Waals surface area contributed by atoms with E-state index in [1.165, 1.54) is 25.7 Å². The minimum Gasteiger partial charge on any atom is -0.103 e. The Morgan fingerprint density at radius 2 is 2.18 bits per heavy atom. The highest BCUT2D eigenvalue weighted by Crippen LogP contribution is 2.43. The van der Waals surface area contributed by atoms with Crippen LogP contribution in [0.4, 0.5) is 0 Å². The second-order valence-electron chi connectivity index (χ2n) is 5.82. The first-order valence-electron chi connectivity index (χ1n) is 7.03. The summed E-state index contributed by atoms with van der Waals surface area (Å²) >= 11 is 0. The molecule has 0 aromatic carbocycles. The highest BCUT2D eigenvalue weighted by molar-refractivity contribution is 5.33. The molecule has 0 bridgehead atoms. The van der Waals surface area contributed by atoms with Crippen molar-refractivity contribution in [3.8, 4) is 0 Å². The molecule has 0 nitrogen and oxygen atoms in total. The number of hydrogen-bond acceptors (Lipinski definition) is 0. The molecule has 1 rings (SSSR count). The largest absolute Gasteiger partial charge is 0.103 e. The van der Waals surface area contributed by atoms with Crippen LogP contribution in [0, 0.1) is 11.3 Å². The van der Waals surface area contributed by atoms with Crippen LogP contribution in [0.1, 0.15) is 59.8 Å². The van der Waals surface area contributed by atoms with Crippen LogP contribution < -0.4 is 0 Å². The molecule has 0 amide bonds. The SMILES string of the molecule is C=CCC(C)/C=C/C1=C(C)CCCC1(C)CC. The van der Waals surface area contributed by atoms with E-state index in [2.05, 4.69) is 46.4 Å². The monoisotopic (exact) mass is 232 g/mol. The summed E-state index contributed by atoms with van der Waals surface area (Å²) in [5, 5.41) is 0. The average molecular weight is 232 g/mol. The van der Waals surface area contributed by atoms with Crippen molar-refractivity contribution < 1.29 is 0 Å². The quantitative estimate of drug-likeness (QED) is 0.536. The first-order chi connectivity index (χ1) is 8.03. The standard InChI is InChI=1S/C17H28/c1-6-9-14(3)11-12-16-15(4)10-8-13-17(16,5)7-2/h6,11-12,14H,1,7-10,13H2,2-5H3/b12-11+. The number of hydrogen-bond donors (Lipinski definition) is 0. The maximum atomic E-state index is 3.81. The van der Waals surface area contributed by atoms with Crippen molar-refractivity contribution in [2.45, 2.75) is 59.8 Å². The van der Waals surface area contributed by atoms with Gasteiger partial charge in [0.1, 0.15) is 0 Å². The molecule has 17 heavy (non-hydrogen) atoms. The van der Waals surface area contributed by atoms with Gasteiger partial charge in [-0.25, -0.2) is 0 Å². The molecule has 0 radical (unpaired) electrons. The van der Waals surface area contributed by atoms with Crippen molar-refractivity contribution in [1.82, 2.24) is 0 Å². The molecule has 0 saturated carbocycles. The molecule has 0 aromatic rings. The van der Waals surface area contributed by atoms with Crippen LogP contribution in [0.2, 0.25) is 0 Å². The van der Waals surface area contributed by atoms with Gasteiger partial charge in [0.25, 0.3) is 0 Å². The van der Waals surface area contributed by atoms with Gasteiger partial charge in [0, 0.05) is 0 Å². The third kappa shape index (κ3) is 3.59. The van der Waals surface area contributed by atoms with Gasteiger partial charge in [0.15, 0.2) is 0 Å². The summed E-state index contributed by atoms with van der Waals surface area (Å²) in [4.78, 5) is 0. The van der Waals surface area contributed by atoms with Crippen molar-refractivity contribution >= 4 is 0 Å². The molecule has 1 aliphatic rings. The molecule has 0 aromatic heterocycles. The Bertz CT molecular complexity index is 319. The summed E-state index contributed by atoms with van der Waals surface area (Å²) in [6.45, 7) is 13.1. The summed E-state index contributed by atoms with van der Waals surface area (Å²) in [6.07, 6.45) is 13.1. The molecule has 96 valence electrons. The fourth-order valence-corrected chi connectivity index (χ4v) is 2.84. The highest BCUT2D eigenvalue weighted by atomic mass is 14.3. The average Bonchev–Trinajstić information content (AvgIpc) is 2.29. The summed E-state index contributed by atoms with van der Waals surface area (Å²) in [5.41, 5.74) is 3.61. The normalized spacial score (nSPS) is 27.5. The zero-order valence-electron chi connectivity index (χ0n) is 12.1. The van der Waals surface area contributed by atoms with Crippen LogP contribution in [0.3, 0.4) is 0 Å². The van der Waals surface area contributed by atoms with Crippen molar-refractivity contribution in [2.75, 3.05) is 0 Å². The second-order valence-corrected chi connectivity index (χ2v) is 5.82. The number of allylic oxidation sites excluding steroid dienone is 5. The van der Waals surface area contributed by atoms with E-state index in [4.69, 9.17) is 0 Å². The Morgan fingerprint density at radius 1 is 1.47 bits per heavy atom. The molecule has 0 heterocycles. The lowest BCUT2D eigenvalue weighted by Crippen LogP contribution is -2.22. The summed E-state index contributed by atoms with van der Waals surface area (Å²) < 4.78 is 0. The van der Waals surface area contributed by atoms with Gasteiger partial charge < -0.3 is 0 Å². The van der Waals surface area contributed by atoms with E-state index in [1.807, 2.05) is 6.08 Å². The molecular formula is C17H28. The van der Waals surface area contributed by atoms with Crippen molar-refractivity contribution in [3.63, 3.8) is 0 Å². The van der Waals surface area contributed by atoms with Gasteiger partial charge in [-0.2, -0.15) is 0 Å². The van der Waals surface area contributed by atoms with Gasteiger partial charge in [-0.3, -0.25) is 0 Å². The molecular weight excluding hydrogens is 204 g/mol. The number of rotatable bonds is 5. The fourth-order valence-electron chi connectivity index (χ4n) is 2.84. The minimum atomic E-state index is 0.409. The van der Waals surface area contributed by atoms with Crippen LogP contribution in [0.25, 0.3) is 0 Å². The Kier molecular flexibility index (Phi) is 5.24. The predicted octanol–water partition coefficient (Wildman–Crippen LogP) is 5.67. The highest BCUT2D eigenvalue weighted by Gasteiger charge is 2.29. The van der Waals surface area contributed by atoms with E-state index in [0.29, 0.717) is 11.3 Å². The second kappa shape index (κ2) is 6.23. The predicted molar refractivity (Wildman–Crippen MR) is 78.1 cm³/mol. The van der Waals surface area contributed by atoms with E-state index in [1.54, 1.807) is 11.1 Å². The molecule has 2 unspecified atom stereocenters. The summed E-state index contributed by atoms with van der Waals surface area (Å²) in [5.74, 6) is 0.607. The Hall–Kier alpha value is -0.780. The lowest BCUT2D eigenvalue weighted by molar-refractivity contribution is 0.326. The van der Waals surface area contributed by atoms with Gasteiger partial charge in [-0.15, -0.1) is 6.58 Å². The van der Waals surface area contributed by atoms with E-state index in [0.717, 1.165) is 6.42 Å². The van der Waals surface area contributed by atoms with Gasteiger partial charge in [0.2, 0.25) is 0 Å². The lowest BCUT2D eigenvalue weighted by Gasteiger charge is -2.36. The smallest absolute Gasteiger partial charge is 0.00784 e. The molecule has 0 fully saturated rings. The van der Waals surface area contributed by atoms with Crippen LogP contribution in [0.5, 0.6) is 0 Å². The lowest BCUT2D eigenvalue weighted by atomic mass is 9.69. The zero-order valence-corrected chi connectivity index (χ0v) is 12.1. The molecule has 0 spiro atoms. The third-order valence-electron chi connectivity index (χ3n) is 4.30. The molecule has 0 aliphatic heterocycles.